The molecule has 0 bridgehead atoms. The first-order valence-electron chi connectivity index (χ1n) is 4.54. The molecule has 0 amide bonds. The van der Waals surface area contributed by atoms with E-state index in [0.717, 1.165) is 5.56 Å². The Hall–Kier alpha value is -1.35. The Balaban J connectivity index is 2.61. The summed E-state index contributed by atoms with van der Waals surface area (Å²) in [6.45, 7) is 5.79. The van der Waals surface area contributed by atoms with Crippen molar-refractivity contribution in [1.29, 1.82) is 0 Å². The van der Waals surface area contributed by atoms with E-state index in [0.29, 0.717) is 12.4 Å². The molecule has 4 heteroatoms. The first kappa shape index (κ1) is 11.7. The highest BCUT2D eigenvalue weighted by Crippen LogP contribution is 2.05. The highest BCUT2D eigenvalue weighted by atomic mass is 35.5. The summed E-state index contributed by atoms with van der Waals surface area (Å²) in [5.74, 6) is 0.581. The summed E-state index contributed by atoms with van der Waals surface area (Å²) in [7, 11) is 0. The van der Waals surface area contributed by atoms with Gasteiger partial charge in [-0.05, 0) is 12.5 Å². The van der Waals surface area contributed by atoms with Crippen LogP contribution < -0.4 is 0 Å². The molecule has 0 aliphatic heterocycles. The van der Waals surface area contributed by atoms with Crippen molar-refractivity contribution in [1.82, 2.24) is 0 Å². The highest BCUT2D eigenvalue weighted by molar-refractivity contribution is 6.27. The van der Waals surface area contributed by atoms with Gasteiger partial charge in [0.05, 0.1) is 6.54 Å². The molecule has 0 aliphatic carbocycles. The van der Waals surface area contributed by atoms with Gasteiger partial charge in [-0.25, -0.2) is 4.99 Å². The van der Waals surface area contributed by atoms with E-state index >= 15 is 0 Å². The molecule has 15 heavy (non-hydrogen) atoms. The van der Waals surface area contributed by atoms with Crippen LogP contribution >= 0.6 is 11.6 Å². The van der Waals surface area contributed by atoms with Gasteiger partial charge in [0.2, 0.25) is 5.90 Å². The van der Waals surface area contributed by atoms with E-state index in [1.165, 1.54) is 5.56 Å². The van der Waals surface area contributed by atoms with Crippen molar-refractivity contribution in [2.75, 3.05) is 5.88 Å². The topological polar surface area (TPSA) is 34.0 Å². The molecule has 0 unspecified atom stereocenters. The minimum atomic E-state index is 0.199. The standard InChI is InChI=1S/C11H13ClN2O/c1-9-3-5-10(6-4-9)8-14-11(7-12)15-13-2/h3-6H,2,7-8H2,1H3. The van der Waals surface area contributed by atoms with E-state index in [2.05, 4.69) is 16.9 Å². The van der Waals surface area contributed by atoms with Crippen molar-refractivity contribution in [2.24, 2.45) is 10.1 Å². The number of halogens is 1. The number of hydrogen-bond acceptors (Lipinski definition) is 3. The zero-order valence-corrected chi connectivity index (χ0v) is 9.37. The molecule has 0 saturated heterocycles. The van der Waals surface area contributed by atoms with Crippen LogP contribution in [0.4, 0.5) is 0 Å². The van der Waals surface area contributed by atoms with Gasteiger partial charge in [-0.1, -0.05) is 35.0 Å². The molecule has 0 atom stereocenters. The fourth-order valence-electron chi connectivity index (χ4n) is 1.04. The molecule has 0 saturated carbocycles. The molecular formula is C11H13ClN2O. The van der Waals surface area contributed by atoms with E-state index in [9.17, 15) is 0 Å². The van der Waals surface area contributed by atoms with E-state index in [4.69, 9.17) is 16.4 Å². The Morgan fingerprint density at radius 2 is 2.07 bits per heavy atom. The van der Waals surface area contributed by atoms with Gasteiger partial charge in [0, 0.05) is 6.72 Å². The summed E-state index contributed by atoms with van der Waals surface area (Å²) in [4.78, 5) is 8.93. The van der Waals surface area contributed by atoms with Crippen molar-refractivity contribution >= 4 is 24.2 Å². The normalized spacial score (nSPS) is 11.2. The van der Waals surface area contributed by atoms with Crippen LogP contribution in [0, 0.1) is 6.92 Å². The van der Waals surface area contributed by atoms with Crippen molar-refractivity contribution in [3.8, 4) is 0 Å². The van der Waals surface area contributed by atoms with E-state index in [1.54, 1.807) is 0 Å². The minimum Gasteiger partial charge on any atom is -0.341 e. The number of aryl methyl sites for hydroxylation is 1. The minimum absolute atomic E-state index is 0.199. The molecule has 0 radical (unpaired) electrons. The Morgan fingerprint density at radius 3 is 2.60 bits per heavy atom. The average Bonchev–Trinajstić information content (AvgIpc) is 2.26. The van der Waals surface area contributed by atoms with E-state index in [-0.39, 0.29) is 5.88 Å². The number of aliphatic imine (C=N–C) groups is 1. The lowest BCUT2D eigenvalue weighted by Gasteiger charge is -2.00. The Bertz CT molecular complexity index is 346. The second-order valence-corrected chi connectivity index (χ2v) is 3.32. The summed E-state index contributed by atoms with van der Waals surface area (Å²) >= 11 is 5.59. The Kier molecular flexibility index (Phi) is 4.84. The lowest BCUT2D eigenvalue weighted by atomic mass is 10.1. The third kappa shape index (κ3) is 4.13. The fraction of sp³-hybridized carbons (Fsp3) is 0.273. The second-order valence-electron chi connectivity index (χ2n) is 3.05. The number of nitrogens with zero attached hydrogens (tertiary/aromatic N) is 2. The van der Waals surface area contributed by atoms with Gasteiger partial charge in [-0.2, -0.15) is 0 Å². The molecule has 0 aliphatic rings. The SMILES string of the molecule is C=NOC(CCl)=NCc1ccc(C)cc1. The highest BCUT2D eigenvalue weighted by Gasteiger charge is 1.97. The number of hydrogen-bond donors (Lipinski definition) is 0. The Morgan fingerprint density at radius 1 is 1.40 bits per heavy atom. The molecular weight excluding hydrogens is 212 g/mol. The summed E-state index contributed by atoms with van der Waals surface area (Å²) in [6.07, 6.45) is 0. The van der Waals surface area contributed by atoms with Crippen LogP contribution in [-0.4, -0.2) is 18.5 Å². The van der Waals surface area contributed by atoms with Crippen LogP contribution in [0.25, 0.3) is 0 Å². The molecule has 0 heterocycles. The number of oxime groups is 1. The maximum absolute atomic E-state index is 5.59. The molecule has 0 spiro atoms. The van der Waals surface area contributed by atoms with E-state index in [1.807, 2.05) is 31.2 Å². The van der Waals surface area contributed by atoms with Crippen LogP contribution in [-0.2, 0) is 11.4 Å². The fourth-order valence-corrected chi connectivity index (χ4v) is 1.18. The van der Waals surface area contributed by atoms with Gasteiger partial charge < -0.3 is 4.84 Å². The van der Waals surface area contributed by atoms with Crippen LogP contribution in [0.15, 0.2) is 34.4 Å². The lowest BCUT2D eigenvalue weighted by Crippen LogP contribution is -2.02. The summed E-state index contributed by atoms with van der Waals surface area (Å²) < 4.78 is 0. The maximum atomic E-state index is 5.59. The number of alkyl halides is 1. The average molecular weight is 225 g/mol. The van der Waals surface area contributed by atoms with Crippen molar-refractivity contribution in [2.45, 2.75) is 13.5 Å². The maximum Gasteiger partial charge on any atom is 0.235 e. The lowest BCUT2D eigenvalue weighted by molar-refractivity contribution is 0.328. The van der Waals surface area contributed by atoms with E-state index < -0.39 is 0 Å². The largest absolute Gasteiger partial charge is 0.341 e. The predicted molar refractivity (Wildman–Crippen MR) is 63.7 cm³/mol. The van der Waals surface area contributed by atoms with Crippen molar-refractivity contribution in [3.63, 3.8) is 0 Å². The molecule has 0 fully saturated rings. The molecule has 1 aromatic rings. The van der Waals surface area contributed by atoms with Crippen LogP contribution in [0.3, 0.4) is 0 Å². The third-order valence-corrected chi connectivity index (χ3v) is 2.07. The summed E-state index contributed by atoms with van der Waals surface area (Å²) in [5.41, 5.74) is 2.33. The van der Waals surface area contributed by atoms with Gasteiger partial charge in [0.15, 0.2) is 0 Å². The van der Waals surface area contributed by atoms with Gasteiger partial charge in [-0.15, -0.1) is 11.6 Å². The number of rotatable bonds is 4. The summed E-state index contributed by atoms with van der Waals surface area (Å²) in [6, 6.07) is 8.12. The van der Waals surface area contributed by atoms with Crippen LogP contribution in [0.1, 0.15) is 11.1 Å². The van der Waals surface area contributed by atoms with Crippen LogP contribution in [0.2, 0.25) is 0 Å². The van der Waals surface area contributed by atoms with Gasteiger partial charge in [0.1, 0.15) is 5.88 Å². The second kappa shape index (κ2) is 6.19. The third-order valence-electron chi connectivity index (χ3n) is 1.84. The Labute approximate surface area is 94.4 Å². The smallest absolute Gasteiger partial charge is 0.235 e. The zero-order valence-electron chi connectivity index (χ0n) is 8.61. The van der Waals surface area contributed by atoms with Crippen molar-refractivity contribution < 1.29 is 4.84 Å². The molecule has 0 N–H and O–H groups in total. The van der Waals surface area contributed by atoms with Crippen LogP contribution in [0.5, 0.6) is 0 Å². The first-order valence-corrected chi connectivity index (χ1v) is 5.07. The predicted octanol–water partition coefficient (Wildman–Crippen LogP) is 2.76. The monoisotopic (exact) mass is 224 g/mol. The summed E-state index contributed by atoms with van der Waals surface area (Å²) in [5, 5.41) is 3.27. The number of benzene rings is 1. The van der Waals surface area contributed by atoms with Crippen molar-refractivity contribution in [3.05, 3.63) is 35.4 Å². The van der Waals surface area contributed by atoms with Gasteiger partial charge in [0.25, 0.3) is 0 Å². The quantitative estimate of drug-likeness (QED) is 0.335. The molecule has 3 nitrogen and oxygen atoms in total. The molecule has 1 aromatic carbocycles. The zero-order chi connectivity index (χ0) is 11.1. The van der Waals surface area contributed by atoms with Gasteiger partial charge in [-0.3, -0.25) is 0 Å². The molecule has 1 rings (SSSR count). The molecule has 80 valence electrons. The molecule has 0 aromatic heterocycles. The van der Waals surface area contributed by atoms with Gasteiger partial charge >= 0.3 is 0 Å². The first-order chi connectivity index (χ1) is 7.26.